The molecule has 0 atom stereocenters. The fourth-order valence-electron chi connectivity index (χ4n) is 1.83. The number of hydrogen-bond donors (Lipinski definition) is 0. The van der Waals surface area contributed by atoms with Crippen LogP contribution >= 0.6 is 15.9 Å². The molecule has 6 heteroatoms. The van der Waals surface area contributed by atoms with Gasteiger partial charge in [0.25, 0.3) is 0 Å². The predicted molar refractivity (Wildman–Crippen MR) is 72.5 cm³/mol. The second-order valence-corrected chi connectivity index (χ2v) is 6.58. The van der Waals surface area contributed by atoms with E-state index in [-0.39, 0.29) is 13.1 Å². The van der Waals surface area contributed by atoms with Gasteiger partial charge in [0.15, 0.2) is 5.67 Å². The number of carbonyl (C=O) groups is 1. The molecule has 1 saturated heterocycles. The van der Waals surface area contributed by atoms with E-state index in [0.29, 0.717) is 5.69 Å². The van der Waals surface area contributed by atoms with Crippen molar-refractivity contribution in [1.29, 1.82) is 0 Å². The van der Waals surface area contributed by atoms with Crippen molar-refractivity contribution >= 4 is 22.0 Å². The van der Waals surface area contributed by atoms with Crippen molar-refractivity contribution in [3.8, 4) is 0 Å². The van der Waals surface area contributed by atoms with Crippen molar-refractivity contribution in [2.75, 3.05) is 13.1 Å². The number of ether oxygens (including phenoxy) is 1. The highest BCUT2D eigenvalue weighted by Crippen LogP contribution is 2.36. The van der Waals surface area contributed by atoms with Crippen LogP contribution < -0.4 is 0 Å². The molecule has 0 spiro atoms. The predicted octanol–water partition coefficient (Wildman–Crippen LogP) is 3.26. The van der Waals surface area contributed by atoms with Gasteiger partial charge in [-0.3, -0.25) is 4.98 Å². The van der Waals surface area contributed by atoms with E-state index in [2.05, 4.69) is 20.9 Å². The lowest BCUT2D eigenvalue weighted by Gasteiger charge is -2.43. The summed E-state index contributed by atoms with van der Waals surface area (Å²) in [6, 6.07) is 3.36. The average Bonchev–Trinajstić information content (AvgIpc) is 2.22. The number of alkyl halides is 1. The fourth-order valence-corrected chi connectivity index (χ4v) is 2.16. The Kier molecular flexibility index (Phi) is 3.55. The number of hydrogen-bond acceptors (Lipinski definition) is 3. The number of carbonyl (C=O) groups excluding carboxylic acids is 1. The zero-order valence-corrected chi connectivity index (χ0v) is 12.7. The van der Waals surface area contributed by atoms with Crippen molar-refractivity contribution in [2.45, 2.75) is 32.0 Å². The molecular weight excluding hydrogens is 315 g/mol. The van der Waals surface area contributed by atoms with Gasteiger partial charge in [0.05, 0.1) is 18.8 Å². The van der Waals surface area contributed by atoms with Gasteiger partial charge in [-0.15, -0.1) is 0 Å². The second kappa shape index (κ2) is 4.74. The normalized spacial score (nSPS) is 17.8. The van der Waals surface area contributed by atoms with Crippen LogP contribution in [0.3, 0.4) is 0 Å². The third kappa shape index (κ3) is 3.23. The number of likely N-dealkylation sites (tertiary alicyclic amines) is 1. The van der Waals surface area contributed by atoms with E-state index >= 15 is 0 Å². The lowest BCUT2D eigenvalue weighted by Crippen LogP contribution is -2.59. The maximum Gasteiger partial charge on any atom is 0.410 e. The summed E-state index contributed by atoms with van der Waals surface area (Å²) in [4.78, 5) is 17.1. The zero-order valence-electron chi connectivity index (χ0n) is 11.1. The van der Waals surface area contributed by atoms with E-state index in [1.165, 1.54) is 11.1 Å². The summed E-state index contributed by atoms with van der Waals surface area (Å²) in [6.07, 6.45) is 1.05. The van der Waals surface area contributed by atoms with Gasteiger partial charge >= 0.3 is 6.09 Å². The number of aromatic nitrogens is 1. The Hall–Kier alpha value is -1.17. The maximum atomic E-state index is 14.5. The first-order valence-corrected chi connectivity index (χ1v) is 6.78. The number of halogens is 2. The Labute approximate surface area is 120 Å². The zero-order chi connectivity index (χ0) is 14.3. The smallest absolute Gasteiger partial charge is 0.410 e. The van der Waals surface area contributed by atoms with Crippen LogP contribution in [0, 0.1) is 0 Å². The topological polar surface area (TPSA) is 42.4 Å². The minimum atomic E-state index is -1.58. The first kappa shape index (κ1) is 14.2. The van der Waals surface area contributed by atoms with Gasteiger partial charge in [-0.05, 0) is 32.9 Å². The summed E-state index contributed by atoms with van der Waals surface area (Å²) < 4.78 is 20.5. The van der Waals surface area contributed by atoms with Crippen LogP contribution in [0.5, 0.6) is 0 Å². The molecule has 2 rings (SSSR count). The average molecular weight is 331 g/mol. The second-order valence-electron chi connectivity index (χ2n) is 5.66. The van der Waals surface area contributed by atoms with Crippen molar-refractivity contribution < 1.29 is 13.9 Å². The van der Waals surface area contributed by atoms with Gasteiger partial charge in [0.2, 0.25) is 0 Å². The Balaban J connectivity index is 2.00. The standard InChI is InChI=1S/C13H16BrFN2O2/c1-12(2,3)19-11(18)17-7-13(15,8-17)10-6-9(14)4-5-16-10/h4-6H,7-8H2,1-3H3. The quantitative estimate of drug-likeness (QED) is 0.793. The molecule has 19 heavy (non-hydrogen) atoms. The summed E-state index contributed by atoms with van der Waals surface area (Å²) >= 11 is 3.28. The Morgan fingerprint density at radius 2 is 2.16 bits per heavy atom. The van der Waals surface area contributed by atoms with Gasteiger partial charge in [-0.2, -0.15) is 0 Å². The molecule has 0 saturated carbocycles. The molecule has 0 unspecified atom stereocenters. The molecule has 1 amide bonds. The number of amides is 1. The van der Waals surface area contributed by atoms with Crippen molar-refractivity contribution in [1.82, 2.24) is 9.88 Å². The van der Waals surface area contributed by atoms with Crippen LogP contribution in [0.2, 0.25) is 0 Å². The minimum absolute atomic E-state index is 0.0225. The third-order valence-electron chi connectivity index (χ3n) is 2.72. The van der Waals surface area contributed by atoms with Gasteiger partial charge in [0.1, 0.15) is 5.60 Å². The van der Waals surface area contributed by atoms with Crippen molar-refractivity contribution in [3.63, 3.8) is 0 Å². The summed E-state index contributed by atoms with van der Waals surface area (Å²) in [7, 11) is 0. The van der Waals surface area contributed by atoms with E-state index in [1.807, 2.05) is 0 Å². The number of rotatable bonds is 1. The molecule has 4 nitrogen and oxygen atoms in total. The van der Waals surface area contributed by atoms with Crippen LogP contribution in [-0.4, -0.2) is 34.7 Å². The van der Waals surface area contributed by atoms with Crippen LogP contribution in [0.1, 0.15) is 26.5 Å². The van der Waals surface area contributed by atoms with E-state index < -0.39 is 17.4 Å². The van der Waals surface area contributed by atoms with Crippen LogP contribution in [0.4, 0.5) is 9.18 Å². The lowest BCUT2D eigenvalue weighted by atomic mass is 9.92. The summed E-state index contributed by atoms with van der Waals surface area (Å²) in [5, 5.41) is 0. The Bertz CT molecular complexity index is 496. The minimum Gasteiger partial charge on any atom is -0.444 e. The molecule has 104 valence electrons. The van der Waals surface area contributed by atoms with Crippen LogP contribution in [-0.2, 0) is 10.4 Å². The molecule has 1 aromatic rings. The van der Waals surface area contributed by atoms with Gasteiger partial charge in [0, 0.05) is 10.7 Å². The van der Waals surface area contributed by atoms with Crippen LogP contribution in [0.25, 0.3) is 0 Å². The summed E-state index contributed by atoms with van der Waals surface area (Å²) in [5.41, 5.74) is -1.82. The molecule has 0 aromatic carbocycles. The molecule has 1 aromatic heterocycles. The molecule has 2 heterocycles. The highest BCUT2D eigenvalue weighted by molar-refractivity contribution is 9.10. The molecule has 1 aliphatic rings. The first-order valence-electron chi connectivity index (χ1n) is 5.98. The highest BCUT2D eigenvalue weighted by atomic mass is 79.9. The van der Waals surface area contributed by atoms with Crippen LogP contribution in [0.15, 0.2) is 22.8 Å². The van der Waals surface area contributed by atoms with E-state index in [4.69, 9.17) is 4.74 Å². The largest absolute Gasteiger partial charge is 0.444 e. The van der Waals surface area contributed by atoms with Crippen molar-refractivity contribution in [3.05, 3.63) is 28.5 Å². The van der Waals surface area contributed by atoms with Crippen molar-refractivity contribution in [2.24, 2.45) is 0 Å². The first-order chi connectivity index (χ1) is 8.70. The lowest BCUT2D eigenvalue weighted by molar-refractivity contribution is -0.0557. The molecule has 0 N–H and O–H groups in total. The van der Waals surface area contributed by atoms with E-state index in [0.717, 1.165) is 4.47 Å². The molecule has 0 radical (unpaired) electrons. The Morgan fingerprint density at radius 1 is 1.53 bits per heavy atom. The summed E-state index contributed by atoms with van der Waals surface area (Å²) in [6.45, 7) is 5.30. The van der Waals surface area contributed by atoms with E-state index in [1.54, 1.807) is 32.9 Å². The SMILES string of the molecule is CC(C)(C)OC(=O)N1CC(F)(c2cc(Br)ccn2)C1. The number of nitrogens with zero attached hydrogens (tertiary/aromatic N) is 2. The molecule has 0 aliphatic carbocycles. The Morgan fingerprint density at radius 3 is 2.68 bits per heavy atom. The molecule has 0 bridgehead atoms. The van der Waals surface area contributed by atoms with Gasteiger partial charge in [-0.1, -0.05) is 15.9 Å². The highest BCUT2D eigenvalue weighted by Gasteiger charge is 2.49. The van der Waals surface area contributed by atoms with E-state index in [9.17, 15) is 9.18 Å². The maximum absolute atomic E-state index is 14.5. The monoisotopic (exact) mass is 330 g/mol. The van der Waals surface area contributed by atoms with Gasteiger partial charge in [-0.25, -0.2) is 9.18 Å². The molecule has 1 fully saturated rings. The van der Waals surface area contributed by atoms with Gasteiger partial charge < -0.3 is 9.64 Å². The summed E-state index contributed by atoms with van der Waals surface area (Å²) in [5.74, 6) is 0. The third-order valence-corrected chi connectivity index (χ3v) is 3.21. The molecule has 1 aliphatic heterocycles. The number of pyridine rings is 1. The fraction of sp³-hybridized carbons (Fsp3) is 0.538. The molecular formula is C13H16BrFN2O2.